The minimum atomic E-state index is -0.330. The van der Waals surface area contributed by atoms with E-state index in [0.29, 0.717) is 28.3 Å². The van der Waals surface area contributed by atoms with Crippen molar-refractivity contribution in [1.29, 1.82) is 0 Å². The summed E-state index contributed by atoms with van der Waals surface area (Å²) in [4.78, 5) is 21.1. The van der Waals surface area contributed by atoms with E-state index in [0.717, 1.165) is 27.4 Å². The van der Waals surface area contributed by atoms with Crippen molar-refractivity contribution < 1.29 is 14.3 Å². The molecule has 5 rings (SSSR count). The van der Waals surface area contributed by atoms with Crippen molar-refractivity contribution in [2.24, 2.45) is 5.10 Å². The molecule has 0 bridgehead atoms. The standard InChI is InChI=1S/C27H22N4O3/c1-33-18-11-12-21(26(13-18)34-2)25-14-22(20-8-4-6-10-24(20)30-25)27(32)31-29-16-17-15-28-23-9-5-3-7-19(17)23/h3-16,28H,1-2H3,(H,31,32). The van der Waals surface area contributed by atoms with E-state index >= 15 is 0 Å². The van der Waals surface area contributed by atoms with Gasteiger partial charge in [0.2, 0.25) is 0 Å². The lowest BCUT2D eigenvalue weighted by molar-refractivity contribution is 0.0956. The quantitative estimate of drug-likeness (QED) is 0.276. The van der Waals surface area contributed by atoms with Crippen molar-refractivity contribution in [3.63, 3.8) is 0 Å². The molecular weight excluding hydrogens is 428 g/mol. The molecule has 2 heterocycles. The number of amides is 1. The maximum atomic E-state index is 13.2. The number of ether oxygens (including phenoxy) is 2. The molecule has 0 unspecified atom stereocenters. The maximum Gasteiger partial charge on any atom is 0.272 e. The van der Waals surface area contributed by atoms with Crippen molar-refractivity contribution in [3.05, 3.63) is 90.1 Å². The minimum Gasteiger partial charge on any atom is -0.497 e. The van der Waals surface area contributed by atoms with Gasteiger partial charge >= 0.3 is 0 Å². The Labute approximate surface area is 196 Å². The van der Waals surface area contributed by atoms with Crippen molar-refractivity contribution in [3.8, 4) is 22.8 Å². The van der Waals surface area contributed by atoms with Crippen LogP contribution in [0.3, 0.4) is 0 Å². The SMILES string of the molecule is COc1ccc(-c2cc(C(=O)NN=Cc3c[nH]c4ccccc34)c3ccccc3n2)c(OC)c1. The van der Waals surface area contributed by atoms with E-state index < -0.39 is 0 Å². The fourth-order valence-electron chi connectivity index (χ4n) is 3.93. The van der Waals surface area contributed by atoms with Gasteiger partial charge in [0.05, 0.1) is 37.2 Å². The van der Waals surface area contributed by atoms with Crippen molar-refractivity contribution in [2.45, 2.75) is 0 Å². The number of methoxy groups -OCH3 is 2. The molecule has 5 aromatic rings. The number of H-pyrrole nitrogens is 1. The zero-order chi connectivity index (χ0) is 23.5. The molecule has 0 aliphatic rings. The summed E-state index contributed by atoms with van der Waals surface area (Å²) in [5.74, 6) is 0.945. The van der Waals surface area contributed by atoms with Gasteiger partial charge in [0, 0.05) is 39.7 Å². The van der Waals surface area contributed by atoms with Crippen LogP contribution in [0.1, 0.15) is 15.9 Å². The number of aromatic amines is 1. The van der Waals surface area contributed by atoms with Gasteiger partial charge in [-0.15, -0.1) is 0 Å². The summed E-state index contributed by atoms with van der Waals surface area (Å²) in [6.45, 7) is 0. The van der Waals surface area contributed by atoms with Gasteiger partial charge in [-0.3, -0.25) is 4.79 Å². The van der Waals surface area contributed by atoms with Crippen LogP contribution in [0.2, 0.25) is 0 Å². The van der Waals surface area contributed by atoms with Gasteiger partial charge in [-0.1, -0.05) is 36.4 Å². The van der Waals surface area contributed by atoms with E-state index in [2.05, 4.69) is 15.5 Å². The van der Waals surface area contributed by atoms with Crippen molar-refractivity contribution >= 4 is 33.9 Å². The van der Waals surface area contributed by atoms with Crippen LogP contribution in [-0.4, -0.2) is 36.3 Å². The number of hydrazone groups is 1. The third kappa shape index (κ3) is 3.95. The predicted octanol–water partition coefficient (Wildman–Crippen LogP) is 5.16. The summed E-state index contributed by atoms with van der Waals surface area (Å²) < 4.78 is 10.8. The van der Waals surface area contributed by atoms with Gasteiger partial charge in [0.25, 0.3) is 5.91 Å². The summed E-state index contributed by atoms with van der Waals surface area (Å²) in [7, 11) is 3.19. The first-order valence-electron chi connectivity index (χ1n) is 10.7. The Hall–Kier alpha value is -4.65. The first-order valence-corrected chi connectivity index (χ1v) is 10.7. The van der Waals surface area contributed by atoms with Gasteiger partial charge in [-0.05, 0) is 30.3 Å². The second-order valence-corrected chi connectivity index (χ2v) is 7.63. The lowest BCUT2D eigenvalue weighted by Crippen LogP contribution is -2.18. The number of rotatable bonds is 6. The molecule has 0 fully saturated rings. The normalized spacial score (nSPS) is 11.2. The molecule has 34 heavy (non-hydrogen) atoms. The Morgan fingerprint density at radius 2 is 1.76 bits per heavy atom. The molecule has 7 heteroatoms. The molecule has 2 N–H and O–H groups in total. The van der Waals surface area contributed by atoms with Crippen molar-refractivity contribution in [2.75, 3.05) is 14.2 Å². The summed E-state index contributed by atoms with van der Waals surface area (Å²) >= 11 is 0. The van der Waals surface area contributed by atoms with Gasteiger partial charge in [0.1, 0.15) is 11.5 Å². The maximum absolute atomic E-state index is 13.2. The van der Waals surface area contributed by atoms with E-state index in [1.54, 1.807) is 32.6 Å². The molecule has 0 saturated carbocycles. The number of benzene rings is 3. The molecular formula is C27H22N4O3. The topological polar surface area (TPSA) is 88.6 Å². The van der Waals surface area contributed by atoms with Gasteiger partial charge in [0.15, 0.2) is 0 Å². The van der Waals surface area contributed by atoms with Crippen LogP contribution in [0.5, 0.6) is 11.5 Å². The predicted molar refractivity (Wildman–Crippen MR) is 134 cm³/mol. The highest BCUT2D eigenvalue weighted by atomic mass is 16.5. The number of para-hydroxylation sites is 2. The molecule has 0 atom stereocenters. The highest BCUT2D eigenvalue weighted by molar-refractivity contribution is 6.08. The minimum absolute atomic E-state index is 0.330. The number of hydrogen-bond acceptors (Lipinski definition) is 5. The third-order valence-electron chi connectivity index (χ3n) is 5.64. The number of nitrogens with zero attached hydrogens (tertiary/aromatic N) is 2. The fraction of sp³-hybridized carbons (Fsp3) is 0.0741. The molecule has 0 radical (unpaired) electrons. The van der Waals surface area contributed by atoms with Crippen LogP contribution in [0.15, 0.2) is 84.1 Å². The number of carbonyl (C=O) groups is 1. The summed E-state index contributed by atoms with van der Waals surface area (Å²) in [6, 6.07) is 22.7. The Balaban J connectivity index is 1.51. The van der Waals surface area contributed by atoms with Crippen LogP contribution in [0, 0.1) is 0 Å². The Kier molecular flexibility index (Phi) is 5.66. The number of hydrogen-bond donors (Lipinski definition) is 2. The molecule has 168 valence electrons. The Morgan fingerprint density at radius 1 is 0.971 bits per heavy atom. The molecule has 2 aromatic heterocycles. The molecule has 0 spiro atoms. The van der Waals surface area contributed by atoms with Crippen LogP contribution < -0.4 is 14.9 Å². The lowest BCUT2D eigenvalue weighted by Gasteiger charge is -2.12. The van der Waals surface area contributed by atoms with Gasteiger partial charge < -0.3 is 14.5 Å². The number of carbonyl (C=O) groups excluding carboxylic acids is 1. The molecule has 0 aliphatic carbocycles. The van der Waals surface area contributed by atoms with Crippen LogP contribution in [-0.2, 0) is 0 Å². The van der Waals surface area contributed by atoms with Crippen LogP contribution in [0.4, 0.5) is 0 Å². The Morgan fingerprint density at radius 3 is 2.59 bits per heavy atom. The molecule has 0 aliphatic heterocycles. The smallest absolute Gasteiger partial charge is 0.272 e. The molecule has 1 amide bonds. The number of aromatic nitrogens is 2. The average molecular weight is 450 g/mol. The summed E-state index contributed by atoms with van der Waals surface area (Å²) in [6.07, 6.45) is 3.49. The van der Waals surface area contributed by atoms with E-state index in [1.165, 1.54) is 0 Å². The van der Waals surface area contributed by atoms with Crippen LogP contribution >= 0.6 is 0 Å². The second-order valence-electron chi connectivity index (χ2n) is 7.63. The summed E-state index contributed by atoms with van der Waals surface area (Å²) in [5.41, 5.74) is 7.09. The Bertz CT molecular complexity index is 1540. The molecule has 0 saturated heterocycles. The zero-order valence-electron chi connectivity index (χ0n) is 18.7. The fourth-order valence-corrected chi connectivity index (χ4v) is 3.93. The number of fused-ring (bicyclic) bond motifs is 2. The van der Waals surface area contributed by atoms with E-state index in [1.807, 2.05) is 66.9 Å². The monoisotopic (exact) mass is 450 g/mol. The largest absolute Gasteiger partial charge is 0.497 e. The van der Waals surface area contributed by atoms with E-state index in [-0.39, 0.29) is 5.91 Å². The second kappa shape index (κ2) is 9.07. The van der Waals surface area contributed by atoms with Gasteiger partial charge in [-0.25, -0.2) is 10.4 Å². The lowest BCUT2D eigenvalue weighted by atomic mass is 10.0. The van der Waals surface area contributed by atoms with Crippen LogP contribution in [0.25, 0.3) is 33.1 Å². The molecule has 3 aromatic carbocycles. The van der Waals surface area contributed by atoms with Crippen molar-refractivity contribution in [1.82, 2.24) is 15.4 Å². The van der Waals surface area contributed by atoms with E-state index in [4.69, 9.17) is 14.5 Å². The number of nitrogens with one attached hydrogen (secondary N) is 2. The zero-order valence-corrected chi connectivity index (χ0v) is 18.7. The highest BCUT2D eigenvalue weighted by Gasteiger charge is 2.16. The molecule has 7 nitrogen and oxygen atoms in total. The average Bonchev–Trinajstić information content (AvgIpc) is 3.30. The summed E-state index contributed by atoms with van der Waals surface area (Å²) in [5, 5.41) is 5.97. The van der Waals surface area contributed by atoms with Gasteiger partial charge in [-0.2, -0.15) is 5.10 Å². The number of pyridine rings is 1. The van der Waals surface area contributed by atoms with E-state index in [9.17, 15) is 4.79 Å². The first-order chi connectivity index (χ1) is 16.7. The third-order valence-corrected chi connectivity index (χ3v) is 5.64. The first kappa shape index (κ1) is 21.2. The highest BCUT2D eigenvalue weighted by Crippen LogP contribution is 2.34.